The molecule has 2 aromatic carbocycles. The number of hydrogen-bond acceptors (Lipinski definition) is 3. The summed E-state index contributed by atoms with van der Waals surface area (Å²) < 4.78 is 8.03. The zero-order chi connectivity index (χ0) is 16.7. The normalized spacial score (nSPS) is 11.1. The van der Waals surface area contributed by atoms with Gasteiger partial charge in [-0.2, -0.15) is 0 Å². The van der Waals surface area contributed by atoms with Gasteiger partial charge in [-0.25, -0.2) is 0 Å². The van der Waals surface area contributed by atoms with Gasteiger partial charge in [-0.3, -0.25) is 4.79 Å². The van der Waals surface area contributed by atoms with E-state index in [0.29, 0.717) is 36.0 Å². The van der Waals surface area contributed by atoms with Crippen LogP contribution in [0.2, 0.25) is 0 Å². The topological polar surface area (TPSA) is 50.4 Å². The van der Waals surface area contributed by atoms with Gasteiger partial charge < -0.3 is 9.52 Å². The van der Waals surface area contributed by atoms with Crippen LogP contribution in [-0.4, -0.2) is 10.9 Å². The lowest BCUT2D eigenvalue weighted by Gasteiger charge is -2.06. The summed E-state index contributed by atoms with van der Waals surface area (Å²) in [6.45, 7) is 1.97. The molecular formula is C17H11BrI2O3. The Bertz CT molecular complexity index is 908. The molecule has 1 heterocycles. The number of benzene rings is 2. The van der Waals surface area contributed by atoms with E-state index in [1.807, 2.05) is 70.3 Å². The van der Waals surface area contributed by atoms with Gasteiger partial charge >= 0.3 is 0 Å². The SMILES string of the molecule is CCc1oc2c(Br)cccc2c1C(=O)c1cc(I)c(O)c(I)c1. The number of rotatable bonds is 3. The van der Waals surface area contributed by atoms with E-state index in [9.17, 15) is 9.90 Å². The summed E-state index contributed by atoms with van der Waals surface area (Å²) in [5.74, 6) is 0.794. The Morgan fingerprint density at radius 3 is 2.52 bits per heavy atom. The predicted octanol–water partition coefficient (Wildman–Crippen LogP) is 5.90. The summed E-state index contributed by atoms with van der Waals surface area (Å²) in [6.07, 6.45) is 0.633. The summed E-state index contributed by atoms with van der Waals surface area (Å²) in [5.41, 5.74) is 1.84. The molecule has 0 unspecified atom stereocenters. The number of carbonyl (C=O) groups is 1. The molecule has 0 fully saturated rings. The van der Waals surface area contributed by atoms with E-state index in [1.54, 1.807) is 12.1 Å². The summed E-state index contributed by atoms with van der Waals surface area (Å²) in [7, 11) is 0. The Labute approximate surface area is 168 Å². The molecule has 0 amide bonds. The first-order valence-corrected chi connectivity index (χ1v) is 9.81. The van der Waals surface area contributed by atoms with Crippen LogP contribution >= 0.6 is 61.1 Å². The van der Waals surface area contributed by atoms with Gasteiger partial charge in [0.1, 0.15) is 17.1 Å². The molecule has 1 aromatic heterocycles. The third-order valence-electron chi connectivity index (χ3n) is 3.57. The van der Waals surface area contributed by atoms with Crippen LogP contribution in [0.4, 0.5) is 0 Å². The number of para-hydroxylation sites is 1. The number of aryl methyl sites for hydroxylation is 1. The maximum atomic E-state index is 13.1. The fourth-order valence-electron chi connectivity index (χ4n) is 2.47. The van der Waals surface area contributed by atoms with E-state index in [1.165, 1.54) is 0 Å². The number of hydrogen-bond donors (Lipinski definition) is 1. The Balaban J connectivity index is 2.24. The van der Waals surface area contributed by atoms with Gasteiger partial charge in [0.25, 0.3) is 0 Å². The first-order chi connectivity index (χ1) is 10.9. The first-order valence-electron chi connectivity index (χ1n) is 6.86. The predicted molar refractivity (Wildman–Crippen MR) is 110 cm³/mol. The molecule has 0 saturated heterocycles. The van der Waals surface area contributed by atoms with Crippen molar-refractivity contribution in [2.75, 3.05) is 0 Å². The van der Waals surface area contributed by atoms with Crippen LogP contribution in [0.5, 0.6) is 5.75 Å². The van der Waals surface area contributed by atoms with Crippen molar-refractivity contribution >= 4 is 77.9 Å². The highest BCUT2D eigenvalue weighted by molar-refractivity contribution is 14.1. The van der Waals surface area contributed by atoms with Crippen LogP contribution < -0.4 is 0 Å². The summed E-state index contributed by atoms with van der Waals surface area (Å²) in [5, 5.41) is 10.7. The number of furan rings is 1. The van der Waals surface area contributed by atoms with E-state index in [4.69, 9.17) is 4.42 Å². The van der Waals surface area contributed by atoms with Crippen molar-refractivity contribution in [1.29, 1.82) is 0 Å². The summed E-state index contributed by atoms with van der Waals surface area (Å²) in [6, 6.07) is 9.09. The summed E-state index contributed by atoms with van der Waals surface area (Å²) >= 11 is 7.53. The number of halogens is 3. The fourth-order valence-corrected chi connectivity index (χ4v) is 4.69. The van der Waals surface area contributed by atoms with E-state index >= 15 is 0 Å². The zero-order valence-corrected chi connectivity index (χ0v) is 17.9. The monoisotopic (exact) mass is 596 g/mol. The van der Waals surface area contributed by atoms with Crippen LogP contribution in [-0.2, 0) is 6.42 Å². The van der Waals surface area contributed by atoms with Gasteiger partial charge in [0.2, 0.25) is 0 Å². The first kappa shape index (κ1) is 17.2. The second-order valence-electron chi connectivity index (χ2n) is 4.99. The third-order valence-corrected chi connectivity index (χ3v) is 5.84. The van der Waals surface area contributed by atoms with Crippen LogP contribution in [0.15, 0.2) is 39.2 Å². The fraction of sp³-hybridized carbons (Fsp3) is 0.118. The number of phenols is 1. The second-order valence-corrected chi connectivity index (χ2v) is 8.17. The second kappa shape index (κ2) is 6.72. The number of ketones is 1. The van der Waals surface area contributed by atoms with Crippen LogP contribution in [0.25, 0.3) is 11.0 Å². The quantitative estimate of drug-likeness (QED) is 0.302. The number of phenolic OH excluding ortho intramolecular Hbond substituents is 1. The average molecular weight is 597 g/mol. The maximum Gasteiger partial charge on any atom is 0.197 e. The highest BCUT2D eigenvalue weighted by atomic mass is 127. The number of carbonyl (C=O) groups excluding carboxylic acids is 1. The van der Waals surface area contributed by atoms with Gasteiger partial charge in [0, 0.05) is 17.4 Å². The average Bonchev–Trinajstić information content (AvgIpc) is 2.91. The number of fused-ring (bicyclic) bond motifs is 1. The van der Waals surface area contributed by atoms with E-state index in [2.05, 4.69) is 15.9 Å². The van der Waals surface area contributed by atoms with E-state index < -0.39 is 0 Å². The maximum absolute atomic E-state index is 13.1. The Kier molecular flexibility index (Phi) is 5.03. The molecule has 3 aromatic rings. The molecule has 0 saturated carbocycles. The molecule has 6 heteroatoms. The Morgan fingerprint density at radius 1 is 1.26 bits per heavy atom. The van der Waals surface area contributed by atoms with Crippen LogP contribution in [0, 0.1) is 7.14 Å². The van der Waals surface area contributed by atoms with Crippen LogP contribution in [0.1, 0.15) is 28.6 Å². The van der Waals surface area contributed by atoms with Crippen molar-refractivity contribution < 1.29 is 14.3 Å². The summed E-state index contributed by atoms with van der Waals surface area (Å²) in [4.78, 5) is 13.1. The molecular weight excluding hydrogens is 586 g/mol. The highest BCUT2D eigenvalue weighted by Crippen LogP contribution is 2.34. The molecule has 1 N–H and O–H groups in total. The van der Waals surface area contributed by atoms with Crippen molar-refractivity contribution in [3.8, 4) is 5.75 Å². The largest absolute Gasteiger partial charge is 0.506 e. The minimum absolute atomic E-state index is 0.0884. The highest BCUT2D eigenvalue weighted by Gasteiger charge is 2.23. The Morgan fingerprint density at radius 2 is 1.91 bits per heavy atom. The van der Waals surface area contributed by atoms with E-state index in [0.717, 1.165) is 9.86 Å². The van der Waals surface area contributed by atoms with Crippen molar-refractivity contribution in [2.45, 2.75) is 13.3 Å². The van der Waals surface area contributed by atoms with E-state index in [-0.39, 0.29) is 11.5 Å². The molecule has 0 radical (unpaired) electrons. The molecule has 0 aliphatic carbocycles. The van der Waals surface area contributed by atoms with Gasteiger partial charge in [0.05, 0.1) is 17.2 Å². The molecule has 0 aliphatic rings. The minimum Gasteiger partial charge on any atom is -0.506 e. The molecule has 0 aliphatic heterocycles. The molecule has 0 spiro atoms. The van der Waals surface area contributed by atoms with Gasteiger partial charge in [-0.05, 0) is 79.3 Å². The molecule has 3 nitrogen and oxygen atoms in total. The van der Waals surface area contributed by atoms with Gasteiger partial charge in [-0.15, -0.1) is 0 Å². The molecule has 3 rings (SSSR count). The lowest BCUT2D eigenvalue weighted by Crippen LogP contribution is -2.04. The molecule has 118 valence electrons. The lowest BCUT2D eigenvalue weighted by molar-refractivity contribution is 0.103. The van der Waals surface area contributed by atoms with Crippen molar-refractivity contribution in [2.24, 2.45) is 0 Å². The molecule has 0 atom stereocenters. The van der Waals surface area contributed by atoms with Crippen molar-refractivity contribution in [3.63, 3.8) is 0 Å². The Hall–Kier alpha value is -0.610. The molecule has 23 heavy (non-hydrogen) atoms. The minimum atomic E-state index is -0.0884. The van der Waals surface area contributed by atoms with Gasteiger partial charge in [0.15, 0.2) is 5.78 Å². The molecule has 0 bridgehead atoms. The standard InChI is InChI=1S/C17H11BrI2O3/c1-2-13-14(9-4-3-5-10(18)17(9)23-13)15(21)8-6-11(19)16(22)12(20)7-8/h3-7,22H,2H2,1H3. The van der Waals surface area contributed by atoms with Gasteiger partial charge in [-0.1, -0.05) is 19.1 Å². The zero-order valence-electron chi connectivity index (χ0n) is 12.0. The smallest absolute Gasteiger partial charge is 0.197 e. The van der Waals surface area contributed by atoms with Crippen molar-refractivity contribution in [3.05, 3.63) is 58.8 Å². The number of aromatic hydroxyl groups is 1. The van der Waals surface area contributed by atoms with Crippen molar-refractivity contribution in [1.82, 2.24) is 0 Å². The van der Waals surface area contributed by atoms with Crippen LogP contribution in [0.3, 0.4) is 0 Å². The lowest BCUT2D eigenvalue weighted by atomic mass is 9.99. The third kappa shape index (κ3) is 3.05.